The van der Waals surface area contributed by atoms with Crippen LogP contribution >= 0.6 is 0 Å². The monoisotopic (exact) mass is 446 g/mol. The number of carbonyl (C=O) groups is 2. The number of alkyl halides is 3. The lowest BCUT2D eigenvalue weighted by molar-refractivity contribution is -0.275. The van der Waals surface area contributed by atoms with Crippen molar-refractivity contribution in [3.8, 4) is 5.75 Å². The van der Waals surface area contributed by atoms with Crippen molar-refractivity contribution in [3.63, 3.8) is 0 Å². The number of carboxylic acid groups (broad SMARTS) is 1. The van der Waals surface area contributed by atoms with E-state index in [1.54, 1.807) is 6.07 Å². The number of carbonyl (C=O) groups excluding carboxylic acids is 1. The number of H-pyrrole nitrogens is 1. The van der Waals surface area contributed by atoms with Crippen LogP contribution < -0.4 is 10.1 Å². The van der Waals surface area contributed by atoms with Crippen LogP contribution in [-0.2, 0) is 6.42 Å². The second kappa shape index (κ2) is 8.25. The van der Waals surface area contributed by atoms with Gasteiger partial charge in [-0.25, -0.2) is 14.6 Å². The summed E-state index contributed by atoms with van der Waals surface area (Å²) in [6.45, 7) is 0.185. The standard InChI is InChI=1S/C21H17F3N4O4/c22-21(23,24)32-16-7-2-1-6-14(16)18-17-15(25-11-26-17)8-9-28(18)20(31)27-13-5-3-4-12(10-13)19(29)30/h1-7,10-11,18H,8-9H2,(H,25,26)(H,27,31)(H,29,30)/t18-/m0/s1. The molecule has 0 spiro atoms. The van der Waals surface area contributed by atoms with Crippen LogP contribution in [0.3, 0.4) is 0 Å². The third kappa shape index (κ3) is 4.36. The molecule has 11 heteroatoms. The number of nitrogens with zero attached hydrogens (tertiary/aromatic N) is 2. The number of aromatic nitrogens is 2. The molecule has 3 aromatic rings. The molecule has 0 saturated carbocycles. The second-order valence-electron chi connectivity index (χ2n) is 7.01. The predicted octanol–water partition coefficient (Wildman–Crippen LogP) is 4.19. The summed E-state index contributed by atoms with van der Waals surface area (Å²) in [4.78, 5) is 32.9. The van der Waals surface area contributed by atoms with Gasteiger partial charge in [0.25, 0.3) is 0 Å². The predicted molar refractivity (Wildman–Crippen MR) is 106 cm³/mol. The molecule has 0 aliphatic carbocycles. The fourth-order valence-electron chi connectivity index (χ4n) is 3.66. The van der Waals surface area contributed by atoms with Gasteiger partial charge in [0, 0.05) is 29.9 Å². The average molecular weight is 446 g/mol. The average Bonchev–Trinajstić information content (AvgIpc) is 3.21. The highest BCUT2D eigenvalue weighted by Crippen LogP contribution is 2.39. The van der Waals surface area contributed by atoms with Crippen molar-refractivity contribution >= 4 is 17.7 Å². The van der Waals surface area contributed by atoms with Gasteiger partial charge >= 0.3 is 18.4 Å². The summed E-state index contributed by atoms with van der Waals surface area (Å²) >= 11 is 0. The summed E-state index contributed by atoms with van der Waals surface area (Å²) in [6.07, 6.45) is -3.08. The molecule has 2 heterocycles. The van der Waals surface area contributed by atoms with Crippen LogP contribution in [0.1, 0.15) is 33.4 Å². The molecular formula is C21H17F3N4O4. The van der Waals surface area contributed by atoms with Crippen LogP contribution in [0, 0.1) is 0 Å². The zero-order valence-electron chi connectivity index (χ0n) is 16.4. The summed E-state index contributed by atoms with van der Waals surface area (Å²) in [5.74, 6) is -1.59. The number of urea groups is 1. The number of nitrogens with one attached hydrogen (secondary N) is 2. The zero-order valence-corrected chi connectivity index (χ0v) is 16.4. The molecule has 0 saturated heterocycles. The third-order valence-electron chi connectivity index (χ3n) is 4.99. The molecule has 32 heavy (non-hydrogen) atoms. The van der Waals surface area contributed by atoms with Gasteiger partial charge in [-0.2, -0.15) is 0 Å². The van der Waals surface area contributed by atoms with Crippen molar-refractivity contribution in [2.45, 2.75) is 18.8 Å². The van der Waals surface area contributed by atoms with E-state index < -0.39 is 30.2 Å². The molecule has 166 valence electrons. The number of imidazole rings is 1. The van der Waals surface area contributed by atoms with Crippen molar-refractivity contribution in [3.05, 3.63) is 77.4 Å². The van der Waals surface area contributed by atoms with Crippen LogP contribution in [0.2, 0.25) is 0 Å². The molecule has 1 aliphatic rings. The van der Waals surface area contributed by atoms with E-state index in [1.807, 2.05) is 0 Å². The number of aromatic carboxylic acids is 1. The Morgan fingerprint density at radius 3 is 2.72 bits per heavy atom. The summed E-state index contributed by atoms with van der Waals surface area (Å²) < 4.78 is 43.2. The second-order valence-corrected chi connectivity index (χ2v) is 7.01. The number of para-hydroxylation sites is 1. The maximum Gasteiger partial charge on any atom is 0.573 e. The number of fused-ring (bicyclic) bond motifs is 1. The minimum absolute atomic E-state index is 0.0171. The Labute approximate surface area is 179 Å². The van der Waals surface area contributed by atoms with E-state index in [2.05, 4.69) is 20.0 Å². The Morgan fingerprint density at radius 1 is 1.19 bits per heavy atom. The molecule has 3 N–H and O–H groups in total. The number of aromatic amines is 1. The van der Waals surface area contributed by atoms with Gasteiger partial charge in [-0.3, -0.25) is 0 Å². The Morgan fingerprint density at radius 2 is 1.97 bits per heavy atom. The van der Waals surface area contributed by atoms with Gasteiger partial charge in [0.1, 0.15) is 11.8 Å². The van der Waals surface area contributed by atoms with Crippen LogP contribution in [0.5, 0.6) is 5.75 Å². The largest absolute Gasteiger partial charge is 0.573 e. The quantitative estimate of drug-likeness (QED) is 0.557. The van der Waals surface area contributed by atoms with Gasteiger partial charge in [-0.1, -0.05) is 24.3 Å². The SMILES string of the molecule is O=C(O)c1cccc(NC(=O)N2CCc3[nH]cnc3[C@@H]2c2ccccc2OC(F)(F)F)c1. The normalized spacial score (nSPS) is 15.7. The summed E-state index contributed by atoms with van der Waals surface area (Å²) in [5.41, 5.74) is 1.45. The summed E-state index contributed by atoms with van der Waals surface area (Å²) in [5, 5.41) is 11.8. The molecular weight excluding hydrogens is 429 g/mol. The highest BCUT2D eigenvalue weighted by molar-refractivity contribution is 5.93. The van der Waals surface area contributed by atoms with Crippen molar-refractivity contribution in [1.82, 2.24) is 14.9 Å². The number of rotatable bonds is 4. The number of hydrogen-bond acceptors (Lipinski definition) is 4. The fourth-order valence-corrected chi connectivity index (χ4v) is 3.66. The lowest BCUT2D eigenvalue weighted by Gasteiger charge is -2.36. The molecule has 1 aliphatic heterocycles. The number of carboxylic acids is 1. The van der Waals surface area contributed by atoms with Crippen molar-refractivity contribution in [1.29, 1.82) is 0 Å². The molecule has 2 amide bonds. The smallest absolute Gasteiger partial charge is 0.478 e. The minimum Gasteiger partial charge on any atom is -0.478 e. The van der Waals surface area contributed by atoms with E-state index in [9.17, 15) is 22.8 Å². The molecule has 0 unspecified atom stereocenters. The number of anilines is 1. The Balaban J connectivity index is 1.71. The first-order valence-electron chi connectivity index (χ1n) is 9.51. The van der Waals surface area contributed by atoms with E-state index in [4.69, 9.17) is 5.11 Å². The highest BCUT2D eigenvalue weighted by Gasteiger charge is 2.38. The number of halogens is 3. The molecule has 8 nitrogen and oxygen atoms in total. The maximum absolute atomic E-state index is 13.1. The van der Waals surface area contributed by atoms with Crippen LogP contribution in [-0.4, -0.2) is 44.9 Å². The fraction of sp³-hybridized carbons (Fsp3) is 0.190. The van der Waals surface area contributed by atoms with E-state index in [1.165, 1.54) is 53.7 Å². The Hall–Kier alpha value is -4.02. The van der Waals surface area contributed by atoms with Gasteiger partial charge in [-0.05, 0) is 24.3 Å². The molecule has 1 aromatic heterocycles. The zero-order chi connectivity index (χ0) is 22.9. The summed E-state index contributed by atoms with van der Waals surface area (Å²) in [6, 6.07) is 9.67. The van der Waals surface area contributed by atoms with Crippen LogP contribution in [0.4, 0.5) is 23.7 Å². The molecule has 0 radical (unpaired) electrons. The highest BCUT2D eigenvalue weighted by atomic mass is 19.4. The Kier molecular flexibility index (Phi) is 5.47. The van der Waals surface area contributed by atoms with E-state index >= 15 is 0 Å². The number of ether oxygens (including phenoxy) is 1. The maximum atomic E-state index is 13.1. The lowest BCUT2D eigenvalue weighted by Crippen LogP contribution is -2.43. The van der Waals surface area contributed by atoms with Crippen LogP contribution in [0.15, 0.2) is 54.9 Å². The van der Waals surface area contributed by atoms with Gasteiger partial charge in [0.15, 0.2) is 0 Å². The number of hydrogen-bond donors (Lipinski definition) is 3. The molecule has 4 rings (SSSR count). The minimum atomic E-state index is -4.91. The van der Waals surface area contributed by atoms with Crippen molar-refractivity contribution in [2.75, 3.05) is 11.9 Å². The third-order valence-corrected chi connectivity index (χ3v) is 4.99. The van der Waals surface area contributed by atoms with Crippen molar-refractivity contribution in [2.24, 2.45) is 0 Å². The van der Waals surface area contributed by atoms with Gasteiger partial charge in [0.05, 0.1) is 17.6 Å². The van der Waals surface area contributed by atoms with E-state index in [0.717, 1.165) is 0 Å². The molecule has 1 atom stereocenters. The lowest BCUT2D eigenvalue weighted by atomic mass is 9.95. The van der Waals surface area contributed by atoms with E-state index in [0.29, 0.717) is 17.8 Å². The summed E-state index contributed by atoms with van der Waals surface area (Å²) in [7, 11) is 0. The first-order chi connectivity index (χ1) is 15.2. The first-order valence-corrected chi connectivity index (χ1v) is 9.51. The number of amides is 2. The molecule has 0 bridgehead atoms. The first kappa shape index (κ1) is 21.2. The van der Waals surface area contributed by atoms with Crippen molar-refractivity contribution < 1.29 is 32.6 Å². The Bertz CT molecular complexity index is 1160. The molecule has 0 fully saturated rings. The van der Waals surface area contributed by atoms with E-state index in [-0.39, 0.29) is 23.4 Å². The number of benzene rings is 2. The molecule has 2 aromatic carbocycles. The topological polar surface area (TPSA) is 108 Å². The van der Waals surface area contributed by atoms with Gasteiger partial charge < -0.3 is 25.0 Å². The van der Waals surface area contributed by atoms with Gasteiger partial charge in [-0.15, -0.1) is 13.2 Å². The van der Waals surface area contributed by atoms with Crippen LogP contribution in [0.25, 0.3) is 0 Å². The van der Waals surface area contributed by atoms with Gasteiger partial charge in [0.2, 0.25) is 0 Å².